The van der Waals surface area contributed by atoms with Crippen molar-refractivity contribution in [3.05, 3.63) is 0 Å². The molecule has 0 amide bonds. The van der Waals surface area contributed by atoms with Crippen LogP contribution < -0.4 is 5.73 Å². The van der Waals surface area contributed by atoms with Crippen LogP contribution in [0.1, 0.15) is 20.3 Å². The number of aliphatic hydroxyl groups excluding tert-OH is 1. The van der Waals surface area contributed by atoms with Crippen molar-refractivity contribution in [2.24, 2.45) is 11.7 Å². The highest BCUT2D eigenvalue weighted by Gasteiger charge is 2.14. The highest BCUT2D eigenvalue weighted by molar-refractivity contribution is 5.75. The molecule has 72 valence electrons. The minimum absolute atomic E-state index is 0.0854. The molecule has 3 N–H and O–H groups in total. The Morgan fingerprint density at radius 1 is 1.58 bits per heavy atom. The fourth-order valence-corrected chi connectivity index (χ4v) is 0.613. The molecule has 0 saturated heterocycles. The minimum atomic E-state index is -0.686. The number of rotatable bonds is 5. The molecular weight excluding hydrogens is 158 g/mol. The first kappa shape index (κ1) is 11.4. The van der Waals surface area contributed by atoms with Gasteiger partial charge in [-0.15, -0.1) is 0 Å². The van der Waals surface area contributed by atoms with Gasteiger partial charge in [-0.1, -0.05) is 13.8 Å². The predicted octanol–water partition coefficient (Wildman–Crippen LogP) is -0.105. The van der Waals surface area contributed by atoms with Gasteiger partial charge >= 0.3 is 5.97 Å². The van der Waals surface area contributed by atoms with Crippen molar-refractivity contribution >= 4 is 5.97 Å². The van der Waals surface area contributed by atoms with Crippen molar-refractivity contribution in [1.82, 2.24) is 0 Å². The van der Waals surface area contributed by atoms with Gasteiger partial charge in [-0.3, -0.25) is 4.79 Å². The Kier molecular flexibility index (Phi) is 5.66. The van der Waals surface area contributed by atoms with Crippen molar-refractivity contribution in [3.63, 3.8) is 0 Å². The first-order valence-electron chi connectivity index (χ1n) is 4.11. The van der Waals surface area contributed by atoms with Gasteiger partial charge in [0.05, 0.1) is 6.61 Å². The van der Waals surface area contributed by atoms with E-state index >= 15 is 0 Å². The monoisotopic (exact) mass is 175 g/mol. The maximum atomic E-state index is 11.0. The van der Waals surface area contributed by atoms with Crippen LogP contribution >= 0.6 is 0 Å². The number of carbonyl (C=O) groups excluding carboxylic acids is 1. The molecule has 0 fully saturated rings. The van der Waals surface area contributed by atoms with E-state index in [0.29, 0.717) is 12.5 Å². The molecular formula is C8H17NO3. The molecule has 4 heteroatoms. The van der Waals surface area contributed by atoms with Crippen molar-refractivity contribution in [2.75, 3.05) is 13.2 Å². The maximum Gasteiger partial charge on any atom is 0.323 e. The van der Waals surface area contributed by atoms with E-state index in [1.807, 2.05) is 13.8 Å². The molecule has 0 aromatic heterocycles. The number of carbonyl (C=O) groups is 1. The molecule has 4 nitrogen and oxygen atoms in total. The van der Waals surface area contributed by atoms with Crippen LogP contribution in [0, 0.1) is 5.92 Å². The highest BCUT2D eigenvalue weighted by Crippen LogP contribution is 1.96. The normalized spacial score (nSPS) is 13.1. The predicted molar refractivity (Wildman–Crippen MR) is 45.5 cm³/mol. The second-order valence-electron chi connectivity index (χ2n) is 3.14. The summed E-state index contributed by atoms with van der Waals surface area (Å²) in [5.74, 6) is -0.118. The molecule has 0 radical (unpaired) electrons. The quantitative estimate of drug-likeness (QED) is 0.572. The Balaban J connectivity index is 3.57. The van der Waals surface area contributed by atoms with Crippen LogP contribution in [-0.4, -0.2) is 30.3 Å². The van der Waals surface area contributed by atoms with Crippen LogP contribution in [-0.2, 0) is 9.53 Å². The van der Waals surface area contributed by atoms with E-state index in [1.54, 1.807) is 0 Å². The van der Waals surface area contributed by atoms with E-state index < -0.39 is 12.0 Å². The van der Waals surface area contributed by atoms with Crippen LogP contribution in [0.3, 0.4) is 0 Å². The van der Waals surface area contributed by atoms with Crippen LogP contribution in [0.25, 0.3) is 0 Å². The summed E-state index contributed by atoms with van der Waals surface area (Å²) in [6.45, 7) is 4.20. The van der Waals surface area contributed by atoms with Crippen molar-refractivity contribution < 1.29 is 14.6 Å². The van der Waals surface area contributed by atoms with Gasteiger partial charge in [0, 0.05) is 6.61 Å². The molecule has 0 unspecified atom stereocenters. The van der Waals surface area contributed by atoms with Gasteiger partial charge in [0.15, 0.2) is 0 Å². The summed E-state index contributed by atoms with van der Waals surface area (Å²) in [5.41, 5.74) is 5.38. The van der Waals surface area contributed by atoms with Crippen LogP contribution in [0.15, 0.2) is 0 Å². The Labute approximate surface area is 72.7 Å². The highest BCUT2D eigenvalue weighted by atomic mass is 16.5. The Hall–Kier alpha value is -0.610. The van der Waals surface area contributed by atoms with E-state index in [4.69, 9.17) is 15.6 Å². The Bertz CT molecular complexity index is 136. The number of nitrogens with two attached hydrogens (primary N) is 1. The van der Waals surface area contributed by atoms with Crippen LogP contribution in [0.5, 0.6) is 0 Å². The van der Waals surface area contributed by atoms with E-state index in [9.17, 15) is 4.79 Å². The fourth-order valence-electron chi connectivity index (χ4n) is 0.613. The van der Waals surface area contributed by atoms with Crippen molar-refractivity contribution in [2.45, 2.75) is 26.3 Å². The molecule has 0 saturated carbocycles. The topological polar surface area (TPSA) is 72.5 Å². The third-order valence-corrected chi connectivity index (χ3v) is 1.30. The summed E-state index contributed by atoms with van der Waals surface area (Å²) in [6, 6.07) is -0.686. The summed E-state index contributed by atoms with van der Waals surface area (Å²) < 4.78 is 4.84. The number of aliphatic hydroxyl groups is 1. The molecule has 0 spiro atoms. The fraction of sp³-hybridized carbons (Fsp3) is 0.875. The average Bonchev–Trinajstić information content (AvgIpc) is 2.00. The second kappa shape index (κ2) is 5.97. The number of hydrogen-bond donors (Lipinski definition) is 2. The molecule has 0 aliphatic heterocycles. The molecule has 0 aliphatic carbocycles. The molecule has 0 aliphatic rings. The largest absolute Gasteiger partial charge is 0.464 e. The first-order chi connectivity index (χ1) is 5.57. The third-order valence-electron chi connectivity index (χ3n) is 1.30. The number of hydrogen-bond acceptors (Lipinski definition) is 4. The molecule has 12 heavy (non-hydrogen) atoms. The summed E-state index contributed by atoms with van der Waals surface area (Å²) in [5, 5.41) is 8.48. The maximum absolute atomic E-state index is 11.0. The molecule has 0 rings (SSSR count). The van der Waals surface area contributed by atoms with Gasteiger partial charge in [0.1, 0.15) is 6.04 Å². The zero-order valence-electron chi connectivity index (χ0n) is 7.62. The smallest absolute Gasteiger partial charge is 0.323 e. The molecule has 0 bridgehead atoms. The van der Waals surface area contributed by atoms with Gasteiger partial charge < -0.3 is 15.6 Å². The molecule has 1 atom stereocenters. The zero-order valence-corrected chi connectivity index (χ0v) is 7.62. The van der Waals surface area contributed by atoms with Crippen molar-refractivity contribution in [1.29, 1.82) is 0 Å². The second-order valence-corrected chi connectivity index (χ2v) is 3.14. The average molecular weight is 175 g/mol. The van der Waals surface area contributed by atoms with Crippen molar-refractivity contribution in [3.8, 4) is 0 Å². The number of esters is 1. The van der Waals surface area contributed by atoms with Gasteiger partial charge in [0.2, 0.25) is 0 Å². The molecule has 0 heterocycles. The molecule has 0 aromatic carbocycles. The SMILES string of the molecule is CC(C)COC(=O)[C@H](N)CCO. The first-order valence-corrected chi connectivity index (χ1v) is 4.11. The Morgan fingerprint density at radius 2 is 2.17 bits per heavy atom. The van der Waals surface area contributed by atoms with E-state index in [0.717, 1.165) is 0 Å². The minimum Gasteiger partial charge on any atom is -0.464 e. The lowest BCUT2D eigenvalue weighted by Gasteiger charge is -2.11. The lowest BCUT2D eigenvalue weighted by Crippen LogP contribution is -2.33. The summed E-state index contributed by atoms with van der Waals surface area (Å²) in [7, 11) is 0. The van der Waals surface area contributed by atoms with E-state index in [1.165, 1.54) is 0 Å². The Morgan fingerprint density at radius 3 is 2.58 bits per heavy atom. The van der Waals surface area contributed by atoms with Crippen LogP contribution in [0.2, 0.25) is 0 Å². The zero-order chi connectivity index (χ0) is 9.56. The van der Waals surface area contributed by atoms with E-state index in [-0.39, 0.29) is 13.0 Å². The van der Waals surface area contributed by atoms with Gasteiger partial charge in [-0.05, 0) is 12.3 Å². The molecule has 0 aromatic rings. The summed E-state index contributed by atoms with van der Waals surface area (Å²) >= 11 is 0. The third kappa shape index (κ3) is 5.09. The lowest BCUT2D eigenvalue weighted by atomic mass is 10.2. The summed E-state index contributed by atoms with van der Waals surface area (Å²) in [6.07, 6.45) is 0.261. The van der Waals surface area contributed by atoms with Gasteiger partial charge in [0.25, 0.3) is 0 Å². The summed E-state index contributed by atoms with van der Waals surface area (Å²) in [4.78, 5) is 11.0. The van der Waals surface area contributed by atoms with Gasteiger partial charge in [-0.2, -0.15) is 0 Å². The standard InChI is InChI=1S/C8H17NO3/c1-6(2)5-12-8(11)7(9)3-4-10/h6-7,10H,3-5,9H2,1-2H3/t7-/m1/s1. The van der Waals surface area contributed by atoms with E-state index in [2.05, 4.69) is 0 Å². The number of ether oxygens (including phenoxy) is 1. The van der Waals surface area contributed by atoms with Gasteiger partial charge in [-0.25, -0.2) is 0 Å². The lowest BCUT2D eigenvalue weighted by molar-refractivity contribution is -0.146. The van der Waals surface area contributed by atoms with Crippen LogP contribution in [0.4, 0.5) is 0 Å².